The van der Waals surface area contributed by atoms with Crippen molar-refractivity contribution < 1.29 is 4.74 Å². The van der Waals surface area contributed by atoms with Gasteiger partial charge in [0.25, 0.3) is 0 Å². The van der Waals surface area contributed by atoms with E-state index in [1.54, 1.807) is 0 Å². The Labute approximate surface area is 126 Å². The van der Waals surface area contributed by atoms with E-state index in [0.29, 0.717) is 6.61 Å². The molecule has 2 nitrogen and oxygen atoms in total. The Bertz CT molecular complexity index is 521. The lowest BCUT2D eigenvalue weighted by molar-refractivity contribution is 0.306. The lowest BCUT2D eigenvalue weighted by atomic mass is 10.2. The van der Waals surface area contributed by atoms with Gasteiger partial charge in [-0.3, -0.25) is 0 Å². The summed E-state index contributed by atoms with van der Waals surface area (Å²) in [6.45, 7) is 6.86. The van der Waals surface area contributed by atoms with Crippen molar-refractivity contribution in [2.45, 2.75) is 27.0 Å². The minimum Gasteiger partial charge on any atom is -0.489 e. The Morgan fingerprint density at radius 1 is 1.26 bits per heavy atom. The van der Waals surface area contributed by atoms with E-state index >= 15 is 0 Å². The van der Waals surface area contributed by atoms with E-state index in [4.69, 9.17) is 4.74 Å². The summed E-state index contributed by atoms with van der Waals surface area (Å²) >= 11 is 5.26. The molecule has 102 valence electrons. The van der Waals surface area contributed by atoms with Gasteiger partial charge in [0.15, 0.2) is 0 Å². The lowest BCUT2D eigenvalue weighted by Crippen LogP contribution is -2.10. The highest BCUT2D eigenvalue weighted by atomic mass is 79.9. The van der Waals surface area contributed by atoms with Gasteiger partial charge in [0.2, 0.25) is 0 Å². The number of benzene rings is 1. The molecule has 0 spiro atoms. The van der Waals surface area contributed by atoms with E-state index in [9.17, 15) is 0 Å². The highest BCUT2D eigenvalue weighted by molar-refractivity contribution is 9.10. The standard InChI is InChI=1S/C15H18BrNOS/c1-3-17-9-15-8-12(11(2)19-15)10-18-14-6-4-13(16)5-7-14/h4-8,17H,3,9-10H2,1-2H3. The van der Waals surface area contributed by atoms with Crippen molar-refractivity contribution in [1.29, 1.82) is 0 Å². The molecular formula is C15H18BrNOS. The van der Waals surface area contributed by atoms with E-state index in [1.165, 1.54) is 15.3 Å². The Hall–Kier alpha value is -0.840. The second kappa shape index (κ2) is 7.08. The molecule has 0 saturated heterocycles. The number of nitrogens with one attached hydrogen (secondary N) is 1. The molecule has 0 radical (unpaired) electrons. The van der Waals surface area contributed by atoms with E-state index in [2.05, 4.69) is 41.2 Å². The number of halogens is 1. The van der Waals surface area contributed by atoms with Gasteiger partial charge in [-0.1, -0.05) is 22.9 Å². The predicted octanol–water partition coefficient (Wildman–Crippen LogP) is 4.51. The number of ether oxygens (including phenoxy) is 1. The molecule has 2 aromatic rings. The molecule has 1 aromatic heterocycles. The van der Waals surface area contributed by atoms with Crippen LogP contribution in [-0.2, 0) is 13.2 Å². The average molecular weight is 340 g/mol. The molecule has 0 atom stereocenters. The quantitative estimate of drug-likeness (QED) is 0.836. The molecule has 0 aliphatic rings. The average Bonchev–Trinajstić information content (AvgIpc) is 2.76. The normalized spacial score (nSPS) is 10.7. The van der Waals surface area contributed by atoms with Crippen LogP contribution >= 0.6 is 27.3 Å². The molecule has 1 heterocycles. The van der Waals surface area contributed by atoms with Gasteiger partial charge in [-0.05, 0) is 43.8 Å². The molecule has 4 heteroatoms. The van der Waals surface area contributed by atoms with Gasteiger partial charge >= 0.3 is 0 Å². The van der Waals surface area contributed by atoms with E-state index in [1.807, 2.05) is 35.6 Å². The van der Waals surface area contributed by atoms with E-state index < -0.39 is 0 Å². The molecule has 0 fully saturated rings. The van der Waals surface area contributed by atoms with Crippen LogP contribution in [0.25, 0.3) is 0 Å². The number of hydrogen-bond acceptors (Lipinski definition) is 3. The SMILES string of the molecule is CCNCc1cc(COc2ccc(Br)cc2)c(C)s1. The van der Waals surface area contributed by atoms with Crippen LogP contribution in [0.15, 0.2) is 34.8 Å². The highest BCUT2D eigenvalue weighted by Gasteiger charge is 2.06. The minimum atomic E-state index is 0.635. The van der Waals surface area contributed by atoms with Crippen molar-refractivity contribution in [3.63, 3.8) is 0 Å². The molecule has 0 aliphatic carbocycles. The summed E-state index contributed by atoms with van der Waals surface area (Å²) in [6, 6.07) is 10.2. The molecule has 1 N–H and O–H groups in total. The fraction of sp³-hybridized carbons (Fsp3) is 0.333. The maximum atomic E-state index is 5.81. The van der Waals surface area contributed by atoms with Gasteiger partial charge in [0, 0.05) is 26.3 Å². The molecule has 0 aliphatic heterocycles. The maximum absolute atomic E-state index is 5.81. The fourth-order valence-corrected chi connectivity index (χ4v) is 3.04. The first-order valence-corrected chi connectivity index (χ1v) is 7.97. The first-order valence-electron chi connectivity index (χ1n) is 6.36. The van der Waals surface area contributed by atoms with Crippen LogP contribution in [0, 0.1) is 6.92 Å². The first kappa shape index (κ1) is 14.6. The van der Waals surface area contributed by atoms with Crippen LogP contribution in [-0.4, -0.2) is 6.54 Å². The summed E-state index contributed by atoms with van der Waals surface area (Å²) in [6.07, 6.45) is 0. The van der Waals surface area contributed by atoms with Crippen LogP contribution in [0.5, 0.6) is 5.75 Å². The smallest absolute Gasteiger partial charge is 0.119 e. The molecule has 0 unspecified atom stereocenters. The molecule has 0 bridgehead atoms. The van der Waals surface area contributed by atoms with Crippen molar-refractivity contribution in [2.24, 2.45) is 0 Å². The zero-order valence-corrected chi connectivity index (χ0v) is 13.6. The third-order valence-corrected chi connectivity index (χ3v) is 4.45. The Morgan fingerprint density at radius 3 is 2.68 bits per heavy atom. The first-order chi connectivity index (χ1) is 9.19. The molecule has 0 saturated carbocycles. The molecular weight excluding hydrogens is 322 g/mol. The number of thiophene rings is 1. The van der Waals surface area contributed by atoms with Gasteiger partial charge in [-0.25, -0.2) is 0 Å². The Kier molecular flexibility index (Phi) is 5.43. The third kappa shape index (κ3) is 4.34. The Balaban J connectivity index is 1.95. The third-order valence-electron chi connectivity index (χ3n) is 2.83. The van der Waals surface area contributed by atoms with Crippen molar-refractivity contribution in [1.82, 2.24) is 5.32 Å². The van der Waals surface area contributed by atoms with Gasteiger partial charge in [0.05, 0.1) is 0 Å². The fourth-order valence-electron chi connectivity index (χ4n) is 1.76. The summed E-state index contributed by atoms with van der Waals surface area (Å²) < 4.78 is 6.88. The van der Waals surface area contributed by atoms with Crippen LogP contribution < -0.4 is 10.1 Å². The maximum Gasteiger partial charge on any atom is 0.119 e. The zero-order valence-electron chi connectivity index (χ0n) is 11.2. The van der Waals surface area contributed by atoms with Crippen molar-refractivity contribution >= 4 is 27.3 Å². The van der Waals surface area contributed by atoms with E-state index in [-0.39, 0.29) is 0 Å². The minimum absolute atomic E-state index is 0.635. The van der Waals surface area contributed by atoms with Gasteiger partial charge in [-0.2, -0.15) is 0 Å². The predicted molar refractivity (Wildman–Crippen MR) is 84.9 cm³/mol. The number of rotatable bonds is 6. The topological polar surface area (TPSA) is 21.3 Å². The summed E-state index contributed by atoms with van der Waals surface area (Å²) in [5.74, 6) is 0.905. The van der Waals surface area contributed by atoms with Crippen molar-refractivity contribution in [2.75, 3.05) is 6.54 Å². The molecule has 0 amide bonds. The molecule has 19 heavy (non-hydrogen) atoms. The van der Waals surface area contributed by atoms with E-state index in [0.717, 1.165) is 23.3 Å². The van der Waals surface area contributed by atoms with Gasteiger partial charge in [-0.15, -0.1) is 11.3 Å². The van der Waals surface area contributed by atoms with Crippen LogP contribution in [0.1, 0.15) is 22.2 Å². The Morgan fingerprint density at radius 2 is 2.00 bits per heavy atom. The lowest BCUT2D eigenvalue weighted by Gasteiger charge is -2.05. The molecule has 1 aromatic carbocycles. The summed E-state index contributed by atoms with van der Waals surface area (Å²) in [5.41, 5.74) is 1.28. The summed E-state index contributed by atoms with van der Waals surface area (Å²) in [7, 11) is 0. The van der Waals surface area contributed by atoms with Gasteiger partial charge in [0.1, 0.15) is 12.4 Å². The summed E-state index contributed by atoms with van der Waals surface area (Å²) in [4.78, 5) is 2.71. The second-order valence-electron chi connectivity index (χ2n) is 4.32. The zero-order chi connectivity index (χ0) is 13.7. The number of aryl methyl sites for hydroxylation is 1. The van der Waals surface area contributed by atoms with Gasteiger partial charge < -0.3 is 10.1 Å². The summed E-state index contributed by atoms with van der Waals surface area (Å²) in [5, 5.41) is 3.35. The monoisotopic (exact) mass is 339 g/mol. The van der Waals surface area contributed by atoms with Crippen LogP contribution in [0.2, 0.25) is 0 Å². The number of hydrogen-bond donors (Lipinski definition) is 1. The largest absolute Gasteiger partial charge is 0.489 e. The van der Waals surface area contributed by atoms with Crippen molar-refractivity contribution in [3.05, 3.63) is 50.1 Å². The highest BCUT2D eigenvalue weighted by Crippen LogP contribution is 2.24. The van der Waals surface area contributed by atoms with Crippen LogP contribution in [0.4, 0.5) is 0 Å². The second-order valence-corrected chi connectivity index (χ2v) is 6.57. The molecule has 2 rings (SSSR count). The van der Waals surface area contributed by atoms with Crippen LogP contribution in [0.3, 0.4) is 0 Å². The van der Waals surface area contributed by atoms with Crippen molar-refractivity contribution in [3.8, 4) is 5.75 Å².